The molecule has 2 aromatic carbocycles. The highest BCUT2D eigenvalue weighted by Gasteiger charge is 2.25. The second-order valence-electron chi connectivity index (χ2n) is 7.07. The summed E-state index contributed by atoms with van der Waals surface area (Å²) in [5.41, 5.74) is 1.74. The molecule has 2 aromatic rings. The second-order valence-corrected chi connectivity index (χ2v) is 8.99. The molecule has 28 heavy (non-hydrogen) atoms. The lowest BCUT2D eigenvalue weighted by atomic mass is 10.2. The third kappa shape index (κ3) is 4.15. The molecule has 152 valence electrons. The van der Waals surface area contributed by atoms with Gasteiger partial charge in [0.1, 0.15) is 5.82 Å². The summed E-state index contributed by atoms with van der Waals surface area (Å²) in [6.07, 6.45) is 0. The summed E-state index contributed by atoms with van der Waals surface area (Å²) in [5, 5.41) is 0. The largest absolute Gasteiger partial charge is 0.371 e. The predicted molar refractivity (Wildman–Crippen MR) is 112 cm³/mol. The van der Waals surface area contributed by atoms with Crippen LogP contribution in [0.3, 0.4) is 0 Å². The van der Waals surface area contributed by atoms with Crippen LogP contribution in [-0.2, 0) is 9.84 Å². The zero-order chi connectivity index (χ0) is 20.3. The number of nitrogens with zero attached hydrogens (tertiary/aromatic N) is 3. The molecular weight excluding hydrogens is 377 g/mol. The molecule has 7 heteroatoms. The average molecular weight is 406 g/mol. The van der Waals surface area contributed by atoms with E-state index >= 15 is 0 Å². The lowest BCUT2D eigenvalue weighted by molar-refractivity contribution is 0.313. The number of hydrogen-bond donors (Lipinski definition) is 0. The fourth-order valence-electron chi connectivity index (χ4n) is 3.55. The highest BCUT2D eigenvalue weighted by molar-refractivity contribution is 7.91. The van der Waals surface area contributed by atoms with Crippen molar-refractivity contribution in [3.05, 3.63) is 48.3 Å². The van der Waals surface area contributed by atoms with E-state index in [1.54, 1.807) is 6.07 Å². The molecule has 1 fully saturated rings. The van der Waals surface area contributed by atoms with Crippen LogP contribution in [0.2, 0.25) is 0 Å². The monoisotopic (exact) mass is 405 g/mol. The molecule has 0 atom stereocenters. The number of rotatable bonds is 6. The van der Waals surface area contributed by atoms with Crippen LogP contribution in [0.25, 0.3) is 0 Å². The molecule has 0 bridgehead atoms. The summed E-state index contributed by atoms with van der Waals surface area (Å²) in [6.45, 7) is 9.23. The van der Waals surface area contributed by atoms with Crippen LogP contribution in [0.4, 0.5) is 15.8 Å². The van der Waals surface area contributed by atoms with E-state index in [-0.39, 0.29) is 9.79 Å². The summed E-state index contributed by atoms with van der Waals surface area (Å²) in [5.74, 6) is -0.451. The number of likely N-dealkylation sites (N-methyl/N-ethyl adjacent to an activating group) is 1. The van der Waals surface area contributed by atoms with Crippen molar-refractivity contribution in [1.29, 1.82) is 0 Å². The van der Waals surface area contributed by atoms with Gasteiger partial charge >= 0.3 is 0 Å². The third-order valence-corrected chi connectivity index (χ3v) is 7.15. The Balaban J connectivity index is 2.06. The Hall–Kier alpha value is -2.12. The van der Waals surface area contributed by atoms with Gasteiger partial charge < -0.3 is 14.7 Å². The van der Waals surface area contributed by atoms with Gasteiger partial charge in [-0.15, -0.1) is 0 Å². The molecule has 0 N–H and O–H groups in total. The molecule has 3 rings (SSSR count). The minimum absolute atomic E-state index is 0.106. The summed E-state index contributed by atoms with van der Waals surface area (Å²) in [4.78, 5) is 7.00. The van der Waals surface area contributed by atoms with Gasteiger partial charge in [-0.2, -0.15) is 0 Å². The lowest BCUT2D eigenvalue weighted by Crippen LogP contribution is -2.44. The topological polar surface area (TPSA) is 43.9 Å². The fraction of sp³-hybridized carbons (Fsp3) is 0.429. The third-order valence-electron chi connectivity index (χ3n) is 5.33. The summed E-state index contributed by atoms with van der Waals surface area (Å²) >= 11 is 0. The van der Waals surface area contributed by atoms with Crippen molar-refractivity contribution in [2.45, 2.75) is 23.6 Å². The van der Waals surface area contributed by atoms with E-state index in [2.05, 4.69) is 21.7 Å². The first-order valence-electron chi connectivity index (χ1n) is 9.70. The van der Waals surface area contributed by atoms with Gasteiger partial charge in [0.2, 0.25) is 9.84 Å². The molecule has 0 saturated carbocycles. The number of piperazine rings is 1. The van der Waals surface area contributed by atoms with E-state index in [1.807, 2.05) is 26.0 Å². The summed E-state index contributed by atoms with van der Waals surface area (Å²) < 4.78 is 39.8. The van der Waals surface area contributed by atoms with Crippen LogP contribution in [0.5, 0.6) is 0 Å². The van der Waals surface area contributed by atoms with Crippen molar-refractivity contribution in [3.63, 3.8) is 0 Å². The SMILES string of the molecule is CCN(CC)c1cc(N2CCN(C)CC2)ccc1S(=O)(=O)c1ccc(F)cc1. The molecule has 0 aromatic heterocycles. The highest BCUT2D eigenvalue weighted by Crippen LogP contribution is 2.34. The van der Waals surface area contributed by atoms with Crippen LogP contribution >= 0.6 is 0 Å². The molecule has 0 spiro atoms. The lowest BCUT2D eigenvalue weighted by Gasteiger charge is -2.35. The minimum Gasteiger partial charge on any atom is -0.371 e. The zero-order valence-electron chi connectivity index (χ0n) is 16.7. The van der Waals surface area contributed by atoms with Crippen molar-refractivity contribution in [3.8, 4) is 0 Å². The fourth-order valence-corrected chi connectivity index (χ4v) is 5.01. The first-order valence-corrected chi connectivity index (χ1v) is 11.2. The standard InChI is InChI=1S/C21H28FN3O2S/c1-4-24(5-2)20-16-18(25-14-12-23(3)13-15-25)8-11-21(20)28(26,27)19-9-6-17(22)7-10-19/h6-11,16H,4-5,12-15H2,1-3H3. The van der Waals surface area contributed by atoms with E-state index in [1.165, 1.54) is 24.3 Å². The maximum Gasteiger partial charge on any atom is 0.208 e. The maximum absolute atomic E-state index is 13.3. The molecule has 1 aliphatic heterocycles. The van der Waals surface area contributed by atoms with Crippen molar-refractivity contribution >= 4 is 21.2 Å². The number of benzene rings is 2. The van der Waals surface area contributed by atoms with Crippen LogP contribution in [0, 0.1) is 5.82 Å². The van der Waals surface area contributed by atoms with Gasteiger partial charge in [0.15, 0.2) is 0 Å². The smallest absolute Gasteiger partial charge is 0.208 e. The van der Waals surface area contributed by atoms with Gasteiger partial charge in [0.25, 0.3) is 0 Å². The van der Waals surface area contributed by atoms with Crippen molar-refractivity contribution in [2.75, 3.05) is 56.1 Å². The van der Waals surface area contributed by atoms with Crippen molar-refractivity contribution in [1.82, 2.24) is 4.90 Å². The van der Waals surface area contributed by atoms with Gasteiger partial charge in [-0.3, -0.25) is 0 Å². The number of halogens is 1. The van der Waals surface area contributed by atoms with Gasteiger partial charge in [-0.25, -0.2) is 12.8 Å². The normalized spacial score (nSPS) is 15.6. The Bertz CT molecular complexity index is 904. The Morgan fingerprint density at radius 1 is 0.964 bits per heavy atom. The van der Waals surface area contributed by atoms with Gasteiger partial charge in [-0.1, -0.05) is 0 Å². The predicted octanol–water partition coefficient (Wildman–Crippen LogP) is 3.26. The Morgan fingerprint density at radius 3 is 2.14 bits per heavy atom. The van der Waals surface area contributed by atoms with Crippen LogP contribution in [-0.4, -0.2) is 59.6 Å². The van der Waals surface area contributed by atoms with Crippen LogP contribution in [0.1, 0.15) is 13.8 Å². The maximum atomic E-state index is 13.3. The Kier molecular flexibility index (Phi) is 6.25. The molecule has 0 amide bonds. The van der Waals surface area contributed by atoms with Gasteiger partial charge in [0, 0.05) is 45.0 Å². The zero-order valence-corrected chi connectivity index (χ0v) is 17.5. The van der Waals surface area contributed by atoms with E-state index in [9.17, 15) is 12.8 Å². The first kappa shape index (κ1) is 20.6. The molecule has 1 heterocycles. The number of sulfone groups is 1. The Labute approximate surface area is 167 Å². The van der Waals surface area contributed by atoms with Crippen molar-refractivity contribution in [2.24, 2.45) is 0 Å². The van der Waals surface area contributed by atoms with Crippen LogP contribution < -0.4 is 9.80 Å². The summed E-state index contributed by atoms with van der Waals surface area (Å²) in [7, 11) is -1.63. The average Bonchev–Trinajstić information content (AvgIpc) is 2.70. The van der Waals surface area contributed by atoms with E-state index in [4.69, 9.17) is 0 Å². The molecule has 1 saturated heterocycles. The molecule has 5 nitrogen and oxygen atoms in total. The van der Waals surface area contributed by atoms with Crippen molar-refractivity contribution < 1.29 is 12.8 Å². The first-order chi connectivity index (χ1) is 13.4. The van der Waals surface area contributed by atoms with E-state index in [0.717, 1.165) is 31.9 Å². The molecule has 0 unspecified atom stereocenters. The quantitative estimate of drug-likeness (QED) is 0.691. The number of anilines is 2. The van der Waals surface area contributed by atoms with E-state index < -0.39 is 15.7 Å². The minimum atomic E-state index is -3.74. The van der Waals surface area contributed by atoms with E-state index in [0.29, 0.717) is 18.8 Å². The molecule has 1 aliphatic rings. The molecule has 0 aliphatic carbocycles. The summed E-state index contributed by atoms with van der Waals surface area (Å²) in [6, 6.07) is 10.6. The van der Waals surface area contributed by atoms with Gasteiger partial charge in [0.05, 0.1) is 15.5 Å². The molecular formula is C21H28FN3O2S. The van der Waals surface area contributed by atoms with Crippen LogP contribution in [0.15, 0.2) is 52.3 Å². The second kappa shape index (κ2) is 8.49. The van der Waals surface area contributed by atoms with Gasteiger partial charge in [-0.05, 0) is 63.4 Å². The molecule has 0 radical (unpaired) electrons. The highest BCUT2D eigenvalue weighted by atomic mass is 32.2. The Morgan fingerprint density at radius 2 is 1.57 bits per heavy atom. The number of hydrogen-bond acceptors (Lipinski definition) is 5.